The topological polar surface area (TPSA) is 17.8 Å². The van der Waals surface area contributed by atoms with Gasteiger partial charge in [0.1, 0.15) is 0 Å². The molecule has 1 aliphatic rings. The van der Waals surface area contributed by atoms with Gasteiger partial charge in [-0.1, -0.05) is 53.2 Å². The minimum Gasteiger partial charge on any atom is -0.237 e. The molecule has 1 unspecified atom stereocenters. The second kappa shape index (κ2) is 7.13. The van der Waals surface area contributed by atoms with Crippen molar-refractivity contribution in [2.45, 2.75) is 72.6 Å². The molecule has 0 saturated carbocycles. The summed E-state index contributed by atoms with van der Waals surface area (Å²) < 4.78 is 2.25. The molecule has 2 nitrogen and oxygen atoms in total. The first-order valence-corrected chi connectivity index (χ1v) is 9.71. The lowest BCUT2D eigenvalue weighted by atomic mass is 9.80. The molecular weight excluding hydrogens is 292 g/mol. The molecule has 2 heteroatoms. The fourth-order valence-corrected chi connectivity index (χ4v) is 3.93. The van der Waals surface area contributed by atoms with E-state index in [1.165, 1.54) is 48.3 Å². The van der Waals surface area contributed by atoms with Crippen LogP contribution in [-0.4, -0.2) is 9.78 Å². The predicted molar refractivity (Wildman–Crippen MR) is 102 cm³/mol. The van der Waals surface area contributed by atoms with Gasteiger partial charge in [0.05, 0.1) is 11.4 Å². The molecule has 1 aromatic carbocycles. The van der Waals surface area contributed by atoms with E-state index in [-0.39, 0.29) is 0 Å². The van der Waals surface area contributed by atoms with Crippen LogP contribution in [0.15, 0.2) is 24.3 Å². The van der Waals surface area contributed by atoms with Crippen molar-refractivity contribution in [3.63, 3.8) is 0 Å². The quantitative estimate of drug-likeness (QED) is 0.689. The minimum atomic E-state index is 0.576. The molecule has 0 saturated heterocycles. The number of rotatable bonds is 5. The Kier molecular flexibility index (Phi) is 5.12. The van der Waals surface area contributed by atoms with Crippen LogP contribution < -0.4 is 0 Å². The van der Waals surface area contributed by atoms with Gasteiger partial charge in [0.25, 0.3) is 0 Å². The molecule has 1 heterocycles. The molecule has 0 fully saturated rings. The van der Waals surface area contributed by atoms with Crippen LogP contribution in [0.3, 0.4) is 0 Å². The Hall–Kier alpha value is -1.57. The summed E-state index contributed by atoms with van der Waals surface area (Å²) >= 11 is 0. The maximum absolute atomic E-state index is 5.04. The third-order valence-electron chi connectivity index (χ3n) is 5.63. The van der Waals surface area contributed by atoms with Crippen LogP contribution in [0.25, 0.3) is 5.69 Å². The third kappa shape index (κ3) is 3.29. The summed E-state index contributed by atoms with van der Waals surface area (Å²) in [7, 11) is 0. The van der Waals surface area contributed by atoms with Crippen molar-refractivity contribution in [2.24, 2.45) is 11.8 Å². The van der Waals surface area contributed by atoms with Crippen LogP contribution in [0, 0.1) is 11.8 Å². The zero-order valence-electron chi connectivity index (χ0n) is 16.0. The van der Waals surface area contributed by atoms with Gasteiger partial charge in [-0.05, 0) is 66.7 Å². The molecule has 3 rings (SSSR count). The number of nitrogens with zero attached hydrogens (tertiary/aromatic N) is 2. The molecular formula is C22H32N2. The van der Waals surface area contributed by atoms with Crippen LogP contribution in [0.5, 0.6) is 0 Å². The number of fused-ring (bicyclic) bond motifs is 1. The minimum absolute atomic E-state index is 0.576. The Morgan fingerprint density at radius 2 is 1.83 bits per heavy atom. The second-order valence-corrected chi connectivity index (χ2v) is 8.03. The fourth-order valence-electron chi connectivity index (χ4n) is 3.93. The lowest BCUT2D eigenvalue weighted by Crippen LogP contribution is -2.21. The highest BCUT2D eigenvalue weighted by molar-refractivity contribution is 5.41. The SMILES string of the molecule is CCCc1nn(-c2ccc(C(C)C)cc2)c2c1CCC(C(C)C)C2. The lowest BCUT2D eigenvalue weighted by Gasteiger charge is -2.26. The monoisotopic (exact) mass is 324 g/mol. The van der Waals surface area contributed by atoms with Gasteiger partial charge in [0, 0.05) is 5.69 Å². The molecule has 0 radical (unpaired) electrons. The fraction of sp³-hybridized carbons (Fsp3) is 0.591. The highest BCUT2D eigenvalue weighted by Crippen LogP contribution is 2.34. The van der Waals surface area contributed by atoms with Gasteiger partial charge < -0.3 is 0 Å². The van der Waals surface area contributed by atoms with E-state index in [9.17, 15) is 0 Å². The van der Waals surface area contributed by atoms with Crippen LogP contribution in [0.2, 0.25) is 0 Å². The van der Waals surface area contributed by atoms with Crippen molar-refractivity contribution in [3.8, 4) is 5.69 Å². The lowest BCUT2D eigenvalue weighted by molar-refractivity contribution is 0.337. The molecule has 1 atom stereocenters. The van der Waals surface area contributed by atoms with Crippen molar-refractivity contribution in [1.82, 2.24) is 9.78 Å². The van der Waals surface area contributed by atoms with Crippen LogP contribution >= 0.6 is 0 Å². The predicted octanol–water partition coefficient (Wildman–Crippen LogP) is 5.71. The summed E-state index contributed by atoms with van der Waals surface area (Å²) in [4.78, 5) is 0. The first kappa shape index (κ1) is 17.3. The Labute approximate surface area is 147 Å². The van der Waals surface area contributed by atoms with Gasteiger partial charge in [-0.25, -0.2) is 4.68 Å². The highest BCUT2D eigenvalue weighted by Gasteiger charge is 2.27. The summed E-state index contributed by atoms with van der Waals surface area (Å²) in [6, 6.07) is 9.02. The standard InChI is InChI=1S/C22H32N2/c1-6-7-21-20-13-10-18(16(4)5)14-22(20)24(23-21)19-11-8-17(9-12-19)15(2)3/h8-9,11-12,15-16,18H,6-7,10,13-14H2,1-5H3. The van der Waals surface area contributed by atoms with Gasteiger partial charge in [0.2, 0.25) is 0 Å². The van der Waals surface area contributed by atoms with Gasteiger partial charge in [-0.3, -0.25) is 0 Å². The maximum atomic E-state index is 5.04. The zero-order chi connectivity index (χ0) is 17.3. The summed E-state index contributed by atoms with van der Waals surface area (Å²) in [5, 5.41) is 5.04. The molecule has 0 bridgehead atoms. The Balaban J connectivity index is 2.01. The summed E-state index contributed by atoms with van der Waals surface area (Å²) in [6.07, 6.45) is 5.97. The van der Waals surface area contributed by atoms with Crippen molar-refractivity contribution in [2.75, 3.05) is 0 Å². The van der Waals surface area contributed by atoms with E-state index in [0.717, 1.165) is 18.3 Å². The van der Waals surface area contributed by atoms with E-state index >= 15 is 0 Å². The molecule has 1 aliphatic carbocycles. The average molecular weight is 325 g/mol. The normalized spacial score (nSPS) is 17.5. The van der Waals surface area contributed by atoms with E-state index in [1.807, 2.05) is 0 Å². The van der Waals surface area contributed by atoms with Gasteiger partial charge in [0.15, 0.2) is 0 Å². The first-order valence-electron chi connectivity index (χ1n) is 9.71. The van der Waals surface area contributed by atoms with E-state index in [0.29, 0.717) is 5.92 Å². The van der Waals surface area contributed by atoms with Crippen LogP contribution in [0.1, 0.15) is 75.9 Å². The van der Waals surface area contributed by atoms with E-state index in [2.05, 4.69) is 63.6 Å². The number of hydrogen-bond donors (Lipinski definition) is 0. The Morgan fingerprint density at radius 3 is 2.42 bits per heavy atom. The first-order chi connectivity index (χ1) is 11.5. The van der Waals surface area contributed by atoms with Gasteiger partial charge >= 0.3 is 0 Å². The van der Waals surface area contributed by atoms with E-state index < -0.39 is 0 Å². The highest BCUT2D eigenvalue weighted by atomic mass is 15.3. The van der Waals surface area contributed by atoms with Crippen LogP contribution in [-0.2, 0) is 19.3 Å². The summed E-state index contributed by atoms with van der Waals surface area (Å²) in [6.45, 7) is 11.5. The number of aromatic nitrogens is 2. The maximum Gasteiger partial charge on any atom is 0.0663 e. The molecule has 0 amide bonds. The molecule has 0 aliphatic heterocycles. The Morgan fingerprint density at radius 1 is 1.12 bits per heavy atom. The molecule has 24 heavy (non-hydrogen) atoms. The molecule has 0 spiro atoms. The summed E-state index contributed by atoms with van der Waals surface area (Å²) in [5.74, 6) is 2.11. The molecule has 2 aromatic rings. The Bertz CT molecular complexity index is 677. The van der Waals surface area contributed by atoms with Crippen molar-refractivity contribution in [1.29, 1.82) is 0 Å². The average Bonchev–Trinajstić information content (AvgIpc) is 2.93. The van der Waals surface area contributed by atoms with E-state index in [1.54, 1.807) is 5.56 Å². The molecule has 1 aromatic heterocycles. The van der Waals surface area contributed by atoms with Gasteiger partial charge in [-0.15, -0.1) is 0 Å². The number of hydrogen-bond acceptors (Lipinski definition) is 1. The largest absolute Gasteiger partial charge is 0.237 e. The summed E-state index contributed by atoms with van der Waals surface area (Å²) in [5.41, 5.74) is 6.97. The van der Waals surface area contributed by atoms with Crippen molar-refractivity contribution in [3.05, 3.63) is 46.8 Å². The second-order valence-electron chi connectivity index (χ2n) is 8.03. The van der Waals surface area contributed by atoms with Crippen molar-refractivity contribution >= 4 is 0 Å². The number of benzene rings is 1. The van der Waals surface area contributed by atoms with E-state index in [4.69, 9.17) is 5.10 Å². The smallest absolute Gasteiger partial charge is 0.0663 e. The van der Waals surface area contributed by atoms with Crippen molar-refractivity contribution < 1.29 is 0 Å². The van der Waals surface area contributed by atoms with Gasteiger partial charge in [-0.2, -0.15) is 5.10 Å². The van der Waals surface area contributed by atoms with Crippen LogP contribution in [0.4, 0.5) is 0 Å². The number of aryl methyl sites for hydroxylation is 1. The molecule has 0 N–H and O–H groups in total. The molecule has 130 valence electrons. The third-order valence-corrected chi connectivity index (χ3v) is 5.63. The zero-order valence-corrected chi connectivity index (χ0v) is 16.0.